The second-order valence-corrected chi connectivity index (χ2v) is 9.55. The van der Waals surface area contributed by atoms with Gasteiger partial charge in [0.25, 0.3) is 0 Å². The zero-order chi connectivity index (χ0) is 19.1. The van der Waals surface area contributed by atoms with Crippen LogP contribution in [0.15, 0.2) is 24.3 Å². The molecule has 2 amide bonds. The first-order valence-electron chi connectivity index (χ1n) is 8.73. The summed E-state index contributed by atoms with van der Waals surface area (Å²) in [5.41, 5.74) is 1.82. The molecule has 2 aliphatic rings. The minimum atomic E-state index is -3.05. The first-order chi connectivity index (χ1) is 12.2. The van der Waals surface area contributed by atoms with Crippen LogP contribution in [0, 0.1) is 5.92 Å². The van der Waals surface area contributed by atoms with Crippen LogP contribution in [-0.4, -0.2) is 70.4 Å². The molecular formula is C18H25N3O4S. The number of nitrogens with zero attached hydrogens (tertiary/aromatic N) is 3. The van der Waals surface area contributed by atoms with Crippen molar-refractivity contribution in [2.24, 2.45) is 5.92 Å². The fraction of sp³-hybridized carbons (Fsp3) is 0.556. The lowest BCUT2D eigenvalue weighted by Crippen LogP contribution is -2.42. The van der Waals surface area contributed by atoms with E-state index in [-0.39, 0.29) is 35.8 Å². The van der Waals surface area contributed by atoms with E-state index in [1.165, 1.54) is 4.90 Å². The van der Waals surface area contributed by atoms with E-state index in [1.807, 2.05) is 43.3 Å². The average molecular weight is 379 g/mol. The Morgan fingerprint density at radius 3 is 2.35 bits per heavy atom. The number of hydrogen-bond acceptors (Lipinski definition) is 5. The number of benzene rings is 1. The highest BCUT2D eigenvalue weighted by Gasteiger charge is 2.40. The Morgan fingerprint density at radius 1 is 1.15 bits per heavy atom. The Bertz CT molecular complexity index is 804. The van der Waals surface area contributed by atoms with E-state index in [4.69, 9.17) is 0 Å². The largest absolute Gasteiger partial charge is 0.378 e. The van der Waals surface area contributed by atoms with Gasteiger partial charge in [0.2, 0.25) is 11.8 Å². The first-order valence-corrected chi connectivity index (χ1v) is 10.5. The van der Waals surface area contributed by atoms with E-state index in [0.29, 0.717) is 13.0 Å². The molecule has 26 heavy (non-hydrogen) atoms. The molecule has 8 heteroatoms. The van der Waals surface area contributed by atoms with Crippen molar-refractivity contribution in [3.05, 3.63) is 24.3 Å². The number of carbonyl (C=O) groups is 2. The fourth-order valence-corrected chi connectivity index (χ4v) is 5.38. The molecule has 0 radical (unpaired) electrons. The van der Waals surface area contributed by atoms with Crippen LogP contribution in [0.1, 0.15) is 12.8 Å². The molecule has 2 fully saturated rings. The van der Waals surface area contributed by atoms with Crippen molar-refractivity contribution in [1.82, 2.24) is 4.90 Å². The lowest BCUT2D eigenvalue weighted by atomic mass is 10.1. The van der Waals surface area contributed by atoms with Gasteiger partial charge in [-0.2, -0.15) is 0 Å². The number of anilines is 2. The highest BCUT2D eigenvalue weighted by Crippen LogP contribution is 2.29. The van der Waals surface area contributed by atoms with Gasteiger partial charge in [0, 0.05) is 51.5 Å². The number of rotatable bonds is 4. The monoisotopic (exact) mass is 379 g/mol. The third-order valence-electron chi connectivity index (χ3n) is 5.26. The van der Waals surface area contributed by atoms with Crippen LogP contribution in [0.3, 0.4) is 0 Å². The van der Waals surface area contributed by atoms with Gasteiger partial charge in [0.15, 0.2) is 9.84 Å². The van der Waals surface area contributed by atoms with Gasteiger partial charge in [0.05, 0.1) is 17.4 Å². The van der Waals surface area contributed by atoms with Crippen LogP contribution in [0.2, 0.25) is 0 Å². The number of sulfone groups is 1. The van der Waals surface area contributed by atoms with Gasteiger partial charge in [-0.15, -0.1) is 0 Å². The molecule has 0 N–H and O–H groups in total. The van der Waals surface area contributed by atoms with Crippen LogP contribution < -0.4 is 9.80 Å². The molecule has 2 aliphatic heterocycles. The van der Waals surface area contributed by atoms with E-state index in [2.05, 4.69) is 0 Å². The normalized spacial score (nSPS) is 24.7. The third kappa shape index (κ3) is 3.70. The molecule has 0 saturated carbocycles. The Hall–Kier alpha value is -2.09. The SMILES string of the molecule is CN(C)c1ccc(N2CC(C(=O)N(C)C3CCS(=O)(=O)C3)CC2=O)cc1. The van der Waals surface area contributed by atoms with Gasteiger partial charge < -0.3 is 14.7 Å². The summed E-state index contributed by atoms with van der Waals surface area (Å²) in [5.74, 6) is -0.500. The van der Waals surface area contributed by atoms with Crippen LogP contribution in [0.5, 0.6) is 0 Å². The summed E-state index contributed by atoms with van der Waals surface area (Å²) in [5, 5.41) is 0. The summed E-state index contributed by atoms with van der Waals surface area (Å²) >= 11 is 0. The number of carbonyl (C=O) groups excluding carboxylic acids is 2. The Labute approximate surface area is 154 Å². The summed E-state index contributed by atoms with van der Waals surface area (Å²) in [4.78, 5) is 30.3. The van der Waals surface area contributed by atoms with Gasteiger partial charge >= 0.3 is 0 Å². The highest BCUT2D eigenvalue weighted by atomic mass is 32.2. The van der Waals surface area contributed by atoms with Crippen LogP contribution in [0.25, 0.3) is 0 Å². The molecule has 142 valence electrons. The van der Waals surface area contributed by atoms with Crippen LogP contribution in [-0.2, 0) is 19.4 Å². The maximum absolute atomic E-state index is 12.8. The topological polar surface area (TPSA) is 78.0 Å². The molecule has 3 rings (SSSR count). The molecule has 2 saturated heterocycles. The number of hydrogen-bond donors (Lipinski definition) is 0. The zero-order valence-corrected chi connectivity index (χ0v) is 16.2. The van der Waals surface area contributed by atoms with Gasteiger partial charge in [-0.3, -0.25) is 9.59 Å². The quantitative estimate of drug-likeness (QED) is 0.772. The molecule has 1 aromatic rings. The molecule has 2 atom stereocenters. The molecule has 0 bridgehead atoms. The van der Waals surface area contributed by atoms with E-state index < -0.39 is 15.8 Å². The minimum absolute atomic E-state index is 0.0195. The maximum Gasteiger partial charge on any atom is 0.228 e. The van der Waals surface area contributed by atoms with Crippen molar-refractivity contribution in [1.29, 1.82) is 0 Å². The predicted molar refractivity (Wildman–Crippen MR) is 101 cm³/mol. The predicted octanol–water partition coefficient (Wildman–Crippen LogP) is 0.751. The third-order valence-corrected chi connectivity index (χ3v) is 7.01. The van der Waals surface area contributed by atoms with E-state index >= 15 is 0 Å². The smallest absolute Gasteiger partial charge is 0.228 e. The summed E-state index contributed by atoms with van der Waals surface area (Å²) < 4.78 is 23.3. The average Bonchev–Trinajstić information content (AvgIpc) is 3.16. The molecule has 0 aliphatic carbocycles. The van der Waals surface area contributed by atoms with Crippen molar-refractivity contribution in [2.45, 2.75) is 18.9 Å². The van der Waals surface area contributed by atoms with E-state index in [1.54, 1.807) is 11.9 Å². The van der Waals surface area contributed by atoms with E-state index in [0.717, 1.165) is 11.4 Å². The molecule has 2 heterocycles. The Morgan fingerprint density at radius 2 is 1.81 bits per heavy atom. The molecular weight excluding hydrogens is 354 g/mol. The summed E-state index contributed by atoms with van der Waals surface area (Å²) in [6.45, 7) is 0.336. The zero-order valence-electron chi connectivity index (χ0n) is 15.4. The minimum Gasteiger partial charge on any atom is -0.378 e. The van der Waals surface area contributed by atoms with E-state index in [9.17, 15) is 18.0 Å². The lowest BCUT2D eigenvalue weighted by molar-refractivity contribution is -0.136. The van der Waals surface area contributed by atoms with Crippen molar-refractivity contribution in [2.75, 3.05) is 49.0 Å². The second kappa shape index (κ2) is 6.90. The molecule has 7 nitrogen and oxygen atoms in total. The molecule has 0 spiro atoms. The Balaban J connectivity index is 1.68. The van der Waals surface area contributed by atoms with Gasteiger partial charge in [-0.1, -0.05) is 0 Å². The second-order valence-electron chi connectivity index (χ2n) is 7.32. The number of amides is 2. The highest BCUT2D eigenvalue weighted by molar-refractivity contribution is 7.91. The van der Waals surface area contributed by atoms with Gasteiger partial charge in [0.1, 0.15) is 0 Å². The van der Waals surface area contributed by atoms with Gasteiger partial charge in [-0.05, 0) is 30.7 Å². The first kappa shape index (κ1) is 18.7. The molecule has 0 aromatic heterocycles. The molecule has 2 unspecified atom stereocenters. The Kier molecular flexibility index (Phi) is 4.96. The standard InChI is InChI=1S/C18H25N3O4S/c1-19(2)14-4-6-15(7-5-14)21-11-13(10-17(21)22)18(23)20(3)16-8-9-26(24,25)12-16/h4-7,13,16H,8-12H2,1-3H3. The summed E-state index contributed by atoms with van der Waals surface area (Å²) in [6, 6.07) is 7.36. The maximum atomic E-state index is 12.8. The lowest BCUT2D eigenvalue weighted by Gasteiger charge is -2.26. The summed E-state index contributed by atoms with van der Waals surface area (Å²) in [6.07, 6.45) is 0.638. The van der Waals surface area contributed by atoms with Crippen LogP contribution >= 0.6 is 0 Å². The van der Waals surface area contributed by atoms with Crippen molar-refractivity contribution in [3.63, 3.8) is 0 Å². The fourth-order valence-electron chi connectivity index (χ4n) is 3.60. The van der Waals surface area contributed by atoms with Crippen LogP contribution in [0.4, 0.5) is 11.4 Å². The molecule has 1 aromatic carbocycles. The summed E-state index contributed by atoms with van der Waals surface area (Å²) in [7, 11) is 2.49. The van der Waals surface area contributed by atoms with Crippen molar-refractivity contribution < 1.29 is 18.0 Å². The van der Waals surface area contributed by atoms with Crippen molar-refractivity contribution >= 4 is 33.0 Å². The van der Waals surface area contributed by atoms with Gasteiger partial charge in [-0.25, -0.2) is 8.42 Å². The van der Waals surface area contributed by atoms with Crippen molar-refractivity contribution in [3.8, 4) is 0 Å².